The van der Waals surface area contributed by atoms with Gasteiger partial charge in [0.05, 0.1) is 0 Å². The van der Waals surface area contributed by atoms with Crippen LogP contribution in [-0.2, 0) is 10.0 Å². The molecule has 0 amide bonds. The third-order valence-electron chi connectivity index (χ3n) is 3.08. The maximum Gasteiger partial charge on any atom is 0.245 e. The molecule has 19 heavy (non-hydrogen) atoms. The van der Waals surface area contributed by atoms with Crippen LogP contribution in [0.3, 0.4) is 0 Å². The molecule has 0 bridgehead atoms. The molecule has 1 unspecified atom stereocenters. The fraction of sp³-hybridized carbons (Fsp3) is 0.538. The van der Waals surface area contributed by atoms with Gasteiger partial charge in [-0.1, -0.05) is 43.1 Å². The van der Waals surface area contributed by atoms with Crippen LogP contribution >= 0.6 is 15.9 Å². The number of nitrogens with zero attached hydrogens (tertiary/aromatic N) is 1. The first kappa shape index (κ1) is 16.6. The Balaban J connectivity index is 3.13. The molecule has 0 fully saturated rings. The smallest absolute Gasteiger partial charge is 0.207 e. The van der Waals surface area contributed by atoms with E-state index in [1.165, 1.54) is 22.5 Å². The van der Waals surface area contributed by atoms with E-state index >= 15 is 0 Å². The van der Waals surface area contributed by atoms with Crippen LogP contribution in [0.1, 0.15) is 27.2 Å². The predicted molar refractivity (Wildman–Crippen MR) is 78.0 cm³/mol. The number of hydrogen-bond donors (Lipinski definition) is 0. The van der Waals surface area contributed by atoms with Crippen LogP contribution in [0.5, 0.6) is 0 Å². The lowest BCUT2D eigenvalue weighted by molar-refractivity contribution is 0.360. The van der Waals surface area contributed by atoms with Crippen LogP contribution in [0.2, 0.25) is 0 Å². The van der Waals surface area contributed by atoms with E-state index in [1.54, 1.807) is 6.92 Å². The van der Waals surface area contributed by atoms with Crippen LogP contribution in [0.4, 0.5) is 4.39 Å². The minimum Gasteiger partial charge on any atom is -0.207 e. The molecule has 0 N–H and O–H groups in total. The zero-order valence-electron chi connectivity index (χ0n) is 11.4. The van der Waals surface area contributed by atoms with E-state index in [0.29, 0.717) is 17.6 Å². The molecule has 1 aromatic rings. The fourth-order valence-electron chi connectivity index (χ4n) is 1.70. The van der Waals surface area contributed by atoms with E-state index in [0.717, 1.165) is 6.42 Å². The Hall–Kier alpha value is -0.460. The van der Waals surface area contributed by atoms with Gasteiger partial charge in [0.25, 0.3) is 0 Å². The van der Waals surface area contributed by atoms with Gasteiger partial charge in [0.1, 0.15) is 10.7 Å². The van der Waals surface area contributed by atoms with Crippen molar-refractivity contribution >= 4 is 26.0 Å². The fourth-order valence-corrected chi connectivity index (χ4v) is 3.64. The summed E-state index contributed by atoms with van der Waals surface area (Å²) in [4.78, 5) is -0.263. The Kier molecular flexibility index (Phi) is 5.95. The number of sulfonamides is 1. The van der Waals surface area contributed by atoms with Gasteiger partial charge in [0.2, 0.25) is 10.0 Å². The summed E-state index contributed by atoms with van der Waals surface area (Å²) in [7, 11) is -3.77. The minimum absolute atomic E-state index is 0.244. The van der Waals surface area contributed by atoms with Crippen molar-refractivity contribution in [2.75, 3.05) is 13.1 Å². The van der Waals surface area contributed by atoms with Crippen LogP contribution in [-0.4, -0.2) is 25.8 Å². The molecule has 0 saturated heterocycles. The standard InChI is InChI=1S/C13H19BrFNO2S/c1-4-10(3)9-16(5-2)19(17,18)13-7-6-11(14)8-12(13)15/h6-8,10H,4-5,9H2,1-3H3. The van der Waals surface area contributed by atoms with Crippen molar-refractivity contribution in [2.45, 2.75) is 32.1 Å². The summed E-state index contributed by atoms with van der Waals surface area (Å²) in [6, 6.07) is 4.01. The lowest BCUT2D eigenvalue weighted by Gasteiger charge is -2.23. The molecule has 6 heteroatoms. The number of halogens is 2. The second-order valence-corrected chi connectivity index (χ2v) is 7.37. The third-order valence-corrected chi connectivity index (χ3v) is 5.54. The van der Waals surface area contributed by atoms with Gasteiger partial charge in [-0.15, -0.1) is 0 Å². The molecule has 3 nitrogen and oxygen atoms in total. The van der Waals surface area contributed by atoms with Crippen molar-refractivity contribution in [1.29, 1.82) is 0 Å². The minimum atomic E-state index is -3.77. The predicted octanol–water partition coefficient (Wildman–Crippen LogP) is 3.64. The van der Waals surface area contributed by atoms with Crippen molar-refractivity contribution < 1.29 is 12.8 Å². The molecular weight excluding hydrogens is 333 g/mol. The number of hydrogen-bond acceptors (Lipinski definition) is 2. The Morgan fingerprint density at radius 2 is 2.00 bits per heavy atom. The van der Waals surface area contributed by atoms with E-state index in [1.807, 2.05) is 13.8 Å². The highest BCUT2D eigenvalue weighted by molar-refractivity contribution is 9.10. The van der Waals surface area contributed by atoms with Gasteiger partial charge in [0, 0.05) is 17.6 Å². The summed E-state index contributed by atoms with van der Waals surface area (Å²) in [5, 5.41) is 0. The maximum atomic E-state index is 13.8. The highest BCUT2D eigenvalue weighted by atomic mass is 79.9. The van der Waals surface area contributed by atoms with Gasteiger partial charge < -0.3 is 0 Å². The third kappa shape index (κ3) is 4.00. The molecule has 1 rings (SSSR count). The van der Waals surface area contributed by atoms with Crippen LogP contribution < -0.4 is 0 Å². The van der Waals surface area contributed by atoms with Gasteiger partial charge in [-0.25, -0.2) is 12.8 Å². The molecule has 0 radical (unpaired) electrons. The molecule has 0 aliphatic rings. The first-order chi connectivity index (χ1) is 8.82. The topological polar surface area (TPSA) is 37.4 Å². The first-order valence-corrected chi connectivity index (χ1v) is 8.51. The Morgan fingerprint density at radius 3 is 2.47 bits per heavy atom. The van der Waals surface area contributed by atoms with Gasteiger partial charge in [-0.05, 0) is 24.1 Å². The lowest BCUT2D eigenvalue weighted by Crippen LogP contribution is -2.35. The highest BCUT2D eigenvalue weighted by Crippen LogP contribution is 2.23. The Bertz CT molecular complexity index is 533. The molecule has 0 saturated carbocycles. The maximum absolute atomic E-state index is 13.8. The second-order valence-electron chi connectivity index (χ2n) is 4.54. The summed E-state index contributed by atoms with van der Waals surface area (Å²) >= 11 is 3.12. The SMILES string of the molecule is CCC(C)CN(CC)S(=O)(=O)c1ccc(Br)cc1F. The molecule has 0 aromatic heterocycles. The molecule has 108 valence electrons. The molecular formula is C13H19BrFNO2S. The summed E-state index contributed by atoms with van der Waals surface area (Å²) in [5.41, 5.74) is 0. The average Bonchev–Trinajstić information content (AvgIpc) is 2.34. The first-order valence-electron chi connectivity index (χ1n) is 6.28. The van der Waals surface area contributed by atoms with Gasteiger partial charge in [0.15, 0.2) is 0 Å². The lowest BCUT2D eigenvalue weighted by atomic mass is 10.1. The average molecular weight is 352 g/mol. The zero-order chi connectivity index (χ0) is 14.6. The van der Waals surface area contributed by atoms with Gasteiger partial charge in [-0.3, -0.25) is 0 Å². The molecule has 1 atom stereocenters. The summed E-state index contributed by atoms with van der Waals surface area (Å²) < 4.78 is 40.5. The highest BCUT2D eigenvalue weighted by Gasteiger charge is 2.27. The van der Waals surface area contributed by atoms with E-state index in [4.69, 9.17) is 0 Å². The zero-order valence-corrected chi connectivity index (χ0v) is 13.8. The molecule has 0 heterocycles. The number of rotatable bonds is 6. The van der Waals surface area contributed by atoms with Gasteiger partial charge in [-0.2, -0.15) is 4.31 Å². The largest absolute Gasteiger partial charge is 0.245 e. The van der Waals surface area contributed by atoms with E-state index in [2.05, 4.69) is 15.9 Å². The summed E-state index contributed by atoms with van der Waals surface area (Å²) in [6.45, 7) is 6.49. The quantitative estimate of drug-likeness (QED) is 0.784. The van der Waals surface area contributed by atoms with Crippen molar-refractivity contribution in [3.8, 4) is 0 Å². The summed E-state index contributed by atoms with van der Waals surface area (Å²) in [6.07, 6.45) is 0.884. The molecule has 0 aliphatic heterocycles. The normalized spacial score (nSPS) is 13.8. The van der Waals surface area contributed by atoms with Crippen molar-refractivity contribution in [3.63, 3.8) is 0 Å². The molecule has 0 spiro atoms. The Morgan fingerprint density at radius 1 is 1.37 bits per heavy atom. The van der Waals surface area contributed by atoms with Crippen LogP contribution in [0, 0.1) is 11.7 Å². The van der Waals surface area contributed by atoms with Crippen LogP contribution in [0.15, 0.2) is 27.6 Å². The Labute approximate surface area is 123 Å². The molecule has 1 aromatic carbocycles. The van der Waals surface area contributed by atoms with Crippen molar-refractivity contribution in [3.05, 3.63) is 28.5 Å². The molecule has 0 aliphatic carbocycles. The number of benzene rings is 1. The van der Waals surface area contributed by atoms with Crippen molar-refractivity contribution in [1.82, 2.24) is 4.31 Å². The van der Waals surface area contributed by atoms with E-state index in [-0.39, 0.29) is 10.8 Å². The second kappa shape index (κ2) is 6.81. The monoisotopic (exact) mass is 351 g/mol. The summed E-state index contributed by atoms with van der Waals surface area (Å²) in [5.74, 6) is -0.481. The van der Waals surface area contributed by atoms with E-state index in [9.17, 15) is 12.8 Å². The van der Waals surface area contributed by atoms with Crippen LogP contribution in [0.25, 0.3) is 0 Å². The van der Waals surface area contributed by atoms with Gasteiger partial charge >= 0.3 is 0 Å². The van der Waals surface area contributed by atoms with Crippen molar-refractivity contribution in [2.24, 2.45) is 5.92 Å². The van der Waals surface area contributed by atoms with E-state index < -0.39 is 15.8 Å².